The number of thiazole rings is 1. The Labute approximate surface area is 153 Å². The summed E-state index contributed by atoms with van der Waals surface area (Å²) < 4.78 is 12.8. The van der Waals surface area contributed by atoms with Crippen molar-refractivity contribution < 1.29 is 14.3 Å². The highest BCUT2D eigenvalue weighted by Crippen LogP contribution is 2.37. The van der Waals surface area contributed by atoms with Crippen molar-refractivity contribution in [2.24, 2.45) is 4.99 Å². The Balaban J connectivity index is 1.70. The lowest BCUT2D eigenvalue weighted by atomic mass is 10.1. The van der Waals surface area contributed by atoms with Crippen LogP contribution in [0.25, 0.3) is 11.6 Å². The molecule has 1 aromatic carbocycles. The van der Waals surface area contributed by atoms with Gasteiger partial charge in [-0.1, -0.05) is 0 Å². The van der Waals surface area contributed by atoms with E-state index in [0.29, 0.717) is 15.4 Å². The molecule has 0 radical (unpaired) electrons. The topological polar surface area (TPSA) is 59.9 Å². The van der Waals surface area contributed by atoms with E-state index >= 15 is 0 Å². The molecule has 0 unspecified atom stereocenters. The number of nitrogens with zero attached hydrogens (tertiary/aromatic N) is 2. The van der Waals surface area contributed by atoms with E-state index in [9.17, 15) is 5.11 Å². The predicted octanol–water partition coefficient (Wildman–Crippen LogP) is 4.89. The first-order valence-corrected chi connectivity index (χ1v) is 8.77. The molecule has 0 saturated carbocycles. The number of aromatic hydroxyl groups is 1. The fourth-order valence-corrected chi connectivity index (χ4v) is 3.92. The molecule has 7 heteroatoms. The van der Waals surface area contributed by atoms with Crippen LogP contribution in [0.5, 0.6) is 11.6 Å². The third kappa shape index (κ3) is 2.92. The van der Waals surface area contributed by atoms with E-state index in [-0.39, 0.29) is 5.88 Å². The summed E-state index contributed by atoms with van der Waals surface area (Å²) in [6, 6.07) is 9.40. The van der Waals surface area contributed by atoms with E-state index in [4.69, 9.17) is 21.4 Å². The second kappa shape index (κ2) is 6.34. The van der Waals surface area contributed by atoms with Gasteiger partial charge in [0.25, 0.3) is 0 Å². The lowest BCUT2D eigenvalue weighted by molar-refractivity contribution is 0.407. The molecule has 0 amide bonds. The van der Waals surface area contributed by atoms with Gasteiger partial charge in [0, 0.05) is 23.4 Å². The number of aliphatic imine (C=N–C) groups is 1. The Kier molecular flexibility index (Phi) is 4.03. The highest BCUT2D eigenvalue weighted by atomic mass is 32.1. The van der Waals surface area contributed by atoms with Crippen LogP contribution in [0.4, 0.5) is 5.69 Å². The van der Waals surface area contributed by atoms with Crippen molar-refractivity contribution in [1.82, 2.24) is 4.57 Å². The zero-order valence-electron chi connectivity index (χ0n) is 13.3. The third-order valence-electron chi connectivity index (χ3n) is 3.93. The molecule has 5 nitrogen and oxygen atoms in total. The van der Waals surface area contributed by atoms with Crippen LogP contribution in [-0.2, 0) is 6.54 Å². The van der Waals surface area contributed by atoms with Gasteiger partial charge in [0.1, 0.15) is 11.5 Å². The highest BCUT2D eigenvalue weighted by Gasteiger charge is 2.16. The molecule has 25 heavy (non-hydrogen) atoms. The maximum Gasteiger partial charge on any atom is 0.211 e. The SMILES string of the molecule is COc1ccc2c(c1)N=C/C2=C/c1sc(=S)n(Cc2ccco2)c1O. The number of benzene rings is 1. The normalized spacial score (nSPS) is 14.2. The van der Waals surface area contributed by atoms with Crippen LogP contribution in [0.1, 0.15) is 16.2 Å². The van der Waals surface area contributed by atoms with Crippen molar-refractivity contribution in [2.45, 2.75) is 6.54 Å². The number of furan rings is 1. The van der Waals surface area contributed by atoms with Crippen LogP contribution in [0, 0.1) is 3.95 Å². The number of ether oxygens (including phenoxy) is 1. The molecule has 126 valence electrons. The summed E-state index contributed by atoms with van der Waals surface area (Å²) in [5, 5.41) is 10.6. The molecule has 0 saturated heterocycles. The molecule has 2 aromatic heterocycles. The van der Waals surface area contributed by atoms with Gasteiger partial charge in [0.15, 0.2) is 3.95 Å². The van der Waals surface area contributed by atoms with Crippen molar-refractivity contribution in [3.8, 4) is 11.6 Å². The number of methoxy groups -OCH3 is 1. The van der Waals surface area contributed by atoms with Gasteiger partial charge in [-0.05, 0) is 42.6 Å². The minimum atomic E-state index is 0.134. The summed E-state index contributed by atoms with van der Waals surface area (Å²) in [6.07, 6.45) is 5.28. The van der Waals surface area contributed by atoms with Crippen LogP contribution in [0.15, 0.2) is 46.0 Å². The van der Waals surface area contributed by atoms with Crippen molar-refractivity contribution in [3.05, 3.63) is 56.8 Å². The third-order valence-corrected chi connectivity index (χ3v) is 5.32. The number of hydrogen-bond donors (Lipinski definition) is 1. The monoisotopic (exact) mass is 370 g/mol. The highest BCUT2D eigenvalue weighted by molar-refractivity contribution is 7.73. The van der Waals surface area contributed by atoms with Gasteiger partial charge in [0.05, 0.1) is 30.5 Å². The Bertz CT molecular complexity index is 1040. The molecule has 1 N–H and O–H groups in total. The van der Waals surface area contributed by atoms with E-state index in [0.717, 1.165) is 28.3 Å². The largest absolute Gasteiger partial charge is 0.497 e. The van der Waals surface area contributed by atoms with Crippen LogP contribution in [0.2, 0.25) is 0 Å². The Hall–Kier alpha value is -2.64. The average molecular weight is 370 g/mol. The first-order chi connectivity index (χ1) is 12.2. The number of rotatable bonds is 4. The van der Waals surface area contributed by atoms with Gasteiger partial charge >= 0.3 is 0 Å². The van der Waals surface area contributed by atoms with E-state index < -0.39 is 0 Å². The summed E-state index contributed by atoms with van der Waals surface area (Å²) >= 11 is 6.74. The first-order valence-electron chi connectivity index (χ1n) is 7.55. The molecular weight excluding hydrogens is 356 g/mol. The lowest BCUT2D eigenvalue weighted by Gasteiger charge is -2.04. The van der Waals surface area contributed by atoms with Crippen LogP contribution < -0.4 is 4.74 Å². The molecular formula is C18H14N2O3S2. The summed E-state index contributed by atoms with van der Waals surface area (Å²) in [4.78, 5) is 5.10. The van der Waals surface area contributed by atoms with Crippen molar-refractivity contribution >= 4 is 47.1 Å². The summed E-state index contributed by atoms with van der Waals surface area (Å²) in [7, 11) is 1.63. The molecule has 1 aliphatic heterocycles. The zero-order chi connectivity index (χ0) is 17.4. The molecule has 0 bridgehead atoms. The Morgan fingerprint density at radius 2 is 2.28 bits per heavy atom. The second-order valence-electron chi connectivity index (χ2n) is 5.46. The number of fused-ring (bicyclic) bond motifs is 1. The van der Waals surface area contributed by atoms with Crippen LogP contribution in [0.3, 0.4) is 0 Å². The van der Waals surface area contributed by atoms with E-state index in [1.165, 1.54) is 11.3 Å². The molecule has 0 spiro atoms. The van der Waals surface area contributed by atoms with Crippen molar-refractivity contribution in [3.63, 3.8) is 0 Å². The fraction of sp³-hybridized carbons (Fsp3) is 0.111. The second-order valence-corrected chi connectivity index (χ2v) is 7.14. The lowest BCUT2D eigenvalue weighted by Crippen LogP contribution is -1.97. The summed E-state index contributed by atoms with van der Waals surface area (Å²) in [5.41, 5.74) is 2.77. The van der Waals surface area contributed by atoms with Gasteiger partial charge in [-0.25, -0.2) is 0 Å². The number of hydrogen-bond acceptors (Lipinski definition) is 6. The number of allylic oxidation sites excluding steroid dienone is 1. The van der Waals surface area contributed by atoms with E-state index in [1.807, 2.05) is 36.4 Å². The van der Waals surface area contributed by atoms with E-state index in [1.54, 1.807) is 24.2 Å². The maximum absolute atomic E-state index is 10.6. The quantitative estimate of drug-likeness (QED) is 0.664. The number of aromatic nitrogens is 1. The average Bonchev–Trinajstić information content (AvgIpc) is 3.32. The van der Waals surface area contributed by atoms with Gasteiger partial charge in [-0.15, -0.1) is 11.3 Å². The van der Waals surface area contributed by atoms with Crippen LogP contribution in [-0.4, -0.2) is 23.0 Å². The summed E-state index contributed by atoms with van der Waals surface area (Å²) in [5.74, 6) is 1.64. The fourth-order valence-electron chi connectivity index (χ4n) is 2.66. The van der Waals surface area contributed by atoms with Crippen molar-refractivity contribution in [1.29, 1.82) is 0 Å². The van der Waals surface area contributed by atoms with Gasteiger partial charge in [-0.3, -0.25) is 9.56 Å². The van der Waals surface area contributed by atoms with Crippen LogP contribution >= 0.6 is 23.6 Å². The van der Waals surface area contributed by atoms with Gasteiger partial charge in [-0.2, -0.15) is 0 Å². The van der Waals surface area contributed by atoms with Gasteiger partial charge in [0.2, 0.25) is 5.88 Å². The Morgan fingerprint density at radius 3 is 3.04 bits per heavy atom. The van der Waals surface area contributed by atoms with E-state index in [2.05, 4.69) is 4.99 Å². The molecule has 0 fully saturated rings. The van der Waals surface area contributed by atoms with Gasteiger partial charge < -0.3 is 14.3 Å². The molecule has 3 heterocycles. The standard InChI is InChI=1S/C18H14N2O3S2/c1-22-12-4-5-14-11(9-19-15(14)8-12)7-16-17(21)20(18(24)25-16)10-13-3-2-6-23-13/h2-9,21H,10H2,1H3/b11-7-. The molecule has 0 aliphatic carbocycles. The molecule has 1 aliphatic rings. The zero-order valence-corrected chi connectivity index (χ0v) is 14.9. The Morgan fingerprint density at radius 1 is 1.40 bits per heavy atom. The molecule has 3 aromatic rings. The summed E-state index contributed by atoms with van der Waals surface area (Å²) in [6.45, 7) is 0.402. The predicted molar refractivity (Wildman–Crippen MR) is 102 cm³/mol. The maximum atomic E-state index is 10.6. The molecule has 0 atom stereocenters. The minimum Gasteiger partial charge on any atom is -0.497 e. The minimum absolute atomic E-state index is 0.134. The first kappa shape index (κ1) is 15.9. The van der Waals surface area contributed by atoms with Crippen molar-refractivity contribution in [2.75, 3.05) is 7.11 Å². The molecule has 4 rings (SSSR count). The smallest absolute Gasteiger partial charge is 0.211 e.